The van der Waals surface area contributed by atoms with Gasteiger partial charge in [-0.3, -0.25) is 20.0 Å². The lowest BCUT2D eigenvalue weighted by molar-refractivity contribution is -0.132. The Bertz CT molecular complexity index is 1130. The van der Waals surface area contributed by atoms with E-state index in [1.165, 1.54) is 16.1 Å². The van der Waals surface area contributed by atoms with Gasteiger partial charge in [-0.15, -0.1) is 0 Å². The average Bonchev–Trinajstić information content (AvgIpc) is 3.07. The third-order valence-corrected chi connectivity index (χ3v) is 5.63. The average molecular weight is 525 g/mol. The van der Waals surface area contributed by atoms with Crippen molar-refractivity contribution in [3.05, 3.63) is 48.2 Å². The molecule has 2 saturated heterocycles. The van der Waals surface area contributed by atoms with Crippen molar-refractivity contribution < 1.29 is 36.7 Å². The fraction of sp³-hybridized carbons (Fsp3) is 0.364. The highest BCUT2D eigenvalue weighted by Crippen LogP contribution is 2.31. The predicted octanol–water partition coefficient (Wildman–Crippen LogP) is 1.92. The Morgan fingerprint density at radius 3 is 2.59 bits per heavy atom. The number of carbonyl (C=O) groups is 3. The van der Waals surface area contributed by atoms with Gasteiger partial charge in [0.05, 0.1) is 25.3 Å². The van der Waals surface area contributed by atoms with Crippen LogP contribution in [0, 0.1) is 11.6 Å². The second kappa shape index (κ2) is 11.3. The molecule has 0 unspecified atom stereocenters. The first-order valence-electron chi connectivity index (χ1n) is 11.2. The van der Waals surface area contributed by atoms with E-state index in [4.69, 9.17) is 4.74 Å². The monoisotopic (exact) mass is 525 g/mol. The molecule has 0 radical (unpaired) electrons. The molecule has 3 N–H and O–H groups in total. The molecule has 1 aromatic heterocycles. The maximum absolute atomic E-state index is 15.1. The summed E-state index contributed by atoms with van der Waals surface area (Å²) in [5.74, 6) is -3.05. The summed E-state index contributed by atoms with van der Waals surface area (Å²) in [5, 5.41) is 5.84. The van der Waals surface area contributed by atoms with Gasteiger partial charge in [0.15, 0.2) is 11.6 Å². The summed E-state index contributed by atoms with van der Waals surface area (Å²) >= 11 is 0. The number of hydrogen-bond acceptors (Lipinski definition) is 7. The van der Waals surface area contributed by atoms with Gasteiger partial charge in [0.2, 0.25) is 0 Å². The van der Waals surface area contributed by atoms with Crippen molar-refractivity contribution in [3.63, 3.8) is 0 Å². The molecule has 37 heavy (non-hydrogen) atoms. The number of nitrogens with one attached hydrogen (secondary N) is 3. The number of benzene rings is 1. The number of cyclic esters (lactones) is 1. The molecule has 198 valence electrons. The summed E-state index contributed by atoms with van der Waals surface area (Å²) in [6.45, 7) is 0.0183. The molecule has 1 aromatic carbocycles. The standard InChI is InChI=1S/C22H23F4N7O4/c23-15-9-13(32-12-14(37-22(32)36)11-28-20(34)19(25)26)10-16(24)18(15)31-6-5-29-33(8-7-31)21(35)30-17-3-1-2-4-27-17/h1-4,9-10,14,19,29H,5-8,11-12H2,(H,28,34)(H,27,30,35)/t14-/m0/s1. The van der Waals surface area contributed by atoms with E-state index in [1.54, 1.807) is 18.2 Å². The zero-order chi connectivity index (χ0) is 26.5. The third kappa shape index (κ3) is 6.17. The Morgan fingerprint density at radius 2 is 1.92 bits per heavy atom. The number of rotatable bonds is 6. The van der Waals surface area contributed by atoms with Crippen LogP contribution in [0.1, 0.15) is 0 Å². The maximum Gasteiger partial charge on any atom is 0.414 e. The molecule has 3 heterocycles. The third-order valence-electron chi connectivity index (χ3n) is 5.63. The Balaban J connectivity index is 1.39. The summed E-state index contributed by atoms with van der Waals surface area (Å²) in [6.07, 6.45) is -3.60. The van der Waals surface area contributed by atoms with Crippen molar-refractivity contribution >= 4 is 35.2 Å². The van der Waals surface area contributed by atoms with E-state index in [2.05, 4.69) is 15.7 Å². The number of carbonyl (C=O) groups excluding carboxylic acids is 3. The molecule has 1 atom stereocenters. The topological polar surface area (TPSA) is 119 Å². The van der Waals surface area contributed by atoms with Gasteiger partial charge in [-0.25, -0.2) is 28.8 Å². The molecule has 0 bridgehead atoms. The number of ether oxygens (including phenoxy) is 1. The number of hydrazine groups is 1. The highest BCUT2D eigenvalue weighted by Gasteiger charge is 2.34. The Labute approximate surface area is 208 Å². The lowest BCUT2D eigenvalue weighted by atomic mass is 10.2. The number of hydrogen-bond donors (Lipinski definition) is 3. The molecular weight excluding hydrogens is 502 g/mol. The minimum Gasteiger partial charge on any atom is -0.442 e. The van der Waals surface area contributed by atoms with Crippen LogP contribution in [0.15, 0.2) is 36.5 Å². The van der Waals surface area contributed by atoms with Crippen LogP contribution in [0.3, 0.4) is 0 Å². The largest absolute Gasteiger partial charge is 0.442 e. The zero-order valence-electron chi connectivity index (χ0n) is 19.3. The number of halogens is 4. The van der Waals surface area contributed by atoms with Crippen molar-refractivity contribution in [1.29, 1.82) is 0 Å². The molecule has 0 saturated carbocycles. The maximum atomic E-state index is 15.1. The molecule has 11 nitrogen and oxygen atoms in total. The van der Waals surface area contributed by atoms with Crippen LogP contribution >= 0.6 is 0 Å². The van der Waals surface area contributed by atoms with Gasteiger partial charge < -0.3 is 15.0 Å². The molecule has 4 amide bonds. The number of anilines is 3. The molecule has 4 rings (SSSR count). The first kappa shape index (κ1) is 25.9. The molecule has 2 aromatic rings. The number of pyridine rings is 1. The Kier molecular flexibility index (Phi) is 7.91. The molecular formula is C22H23F4N7O4. The summed E-state index contributed by atoms with van der Waals surface area (Å²) < 4.78 is 59.8. The Hall–Kier alpha value is -4.14. The fourth-order valence-corrected chi connectivity index (χ4v) is 3.88. The fourth-order valence-electron chi connectivity index (χ4n) is 3.88. The van der Waals surface area contributed by atoms with Crippen LogP contribution in [0.5, 0.6) is 0 Å². The normalized spacial score (nSPS) is 18.0. The predicted molar refractivity (Wildman–Crippen MR) is 123 cm³/mol. The summed E-state index contributed by atoms with van der Waals surface area (Å²) in [7, 11) is 0. The van der Waals surface area contributed by atoms with E-state index in [1.807, 2.05) is 5.32 Å². The van der Waals surface area contributed by atoms with Crippen molar-refractivity contribution in [2.24, 2.45) is 0 Å². The highest BCUT2D eigenvalue weighted by molar-refractivity contribution is 5.90. The molecule has 2 fully saturated rings. The lowest BCUT2D eigenvalue weighted by Gasteiger charge is -2.25. The number of aromatic nitrogens is 1. The van der Waals surface area contributed by atoms with Crippen LogP contribution < -0.4 is 25.9 Å². The number of nitrogens with zero attached hydrogens (tertiary/aromatic N) is 4. The molecule has 2 aliphatic heterocycles. The second-order valence-electron chi connectivity index (χ2n) is 8.11. The van der Waals surface area contributed by atoms with Crippen LogP contribution in [0.2, 0.25) is 0 Å². The first-order chi connectivity index (χ1) is 17.7. The number of urea groups is 1. The summed E-state index contributed by atoms with van der Waals surface area (Å²) in [4.78, 5) is 42.1. The van der Waals surface area contributed by atoms with Crippen LogP contribution in [-0.4, -0.2) is 79.8 Å². The molecule has 15 heteroatoms. The van der Waals surface area contributed by atoms with Gasteiger partial charge in [-0.1, -0.05) is 6.07 Å². The van der Waals surface area contributed by atoms with Gasteiger partial charge in [0.1, 0.15) is 17.6 Å². The second-order valence-corrected chi connectivity index (χ2v) is 8.11. The van der Waals surface area contributed by atoms with Crippen molar-refractivity contribution in [2.75, 3.05) is 54.4 Å². The van der Waals surface area contributed by atoms with Gasteiger partial charge in [-0.05, 0) is 12.1 Å². The van der Waals surface area contributed by atoms with E-state index in [0.29, 0.717) is 5.82 Å². The molecule has 0 spiro atoms. The van der Waals surface area contributed by atoms with Gasteiger partial charge in [-0.2, -0.15) is 8.78 Å². The van der Waals surface area contributed by atoms with Gasteiger partial charge in [0, 0.05) is 38.0 Å². The van der Waals surface area contributed by atoms with E-state index in [9.17, 15) is 23.2 Å². The van der Waals surface area contributed by atoms with Crippen LogP contribution in [0.25, 0.3) is 0 Å². The lowest BCUT2D eigenvalue weighted by Crippen LogP contribution is -2.46. The highest BCUT2D eigenvalue weighted by atomic mass is 19.3. The van der Waals surface area contributed by atoms with Gasteiger partial charge >= 0.3 is 18.5 Å². The minimum atomic E-state index is -3.22. The van der Waals surface area contributed by atoms with Gasteiger partial charge in [0.25, 0.3) is 5.91 Å². The van der Waals surface area contributed by atoms with E-state index in [-0.39, 0.29) is 50.6 Å². The summed E-state index contributed by atoms with van der Waals surface area (Å²) in [6, 6.07) is 6.47. The van der Waals surface area contributed by atoms with E-state index < -0.39 is 42.2 Å². The van der Waals surface area contributed by atoms with Crippen molar-refractivity contribution in [3.8, 4) is 0 Å². The SMILES string of the molecule is O=C(NC[C@H]1CN(c2cc(F)c(N3CCNN(C(=O)Nc4ccccn4)CC3)c(F)c2)C(=O)O1)C(F)F. The van der Waals surface area contributed by atoms with E-state index >= 15 is 8.78 Å². The number of amides is 4. The first-order valence-corrected chi connectivity index (χ1v) is 11.2. The number of alkyl halides is 2. The molecule has 0 aliphatic carbocycles. The van der Waals surface area contributed by atoms with Crippen LogP contribution in [-0.2, 0) is 9.53 Å². The molecule has 2 aliphatic rings. The zero-order valence-corrected chi connectivity index (χ0v) is 19.3. The Morgan fingerprint density at radius 1 is 1.16 bits per heavy atom. The smallest absolute Gasteiger partial charge is 0.414 e. The minimum absolute atomic E-state index is 0.101. The quantitative estimate of drug-likeness (QED) is 0.493. The van der Waals surface area contributed by atoms with Crippen molar-refractivity contribution in [2.45, 2.75) is 12.5 Å². The van der Waals surface area contributed by atoms with Crippen molar-refractivity contribution in [1.82, 2.24) is 20.7 Å². The van der Waals surface area contributed by atoms with Crippen LogP contribution in [0.4, 0.5) is 44.3 Å². The summed E-state index contributed by atoms with van der Waals surface area (Å²) in [5.41, 5.74) is 2.44. The van der Waals surface area contributed by atoms with E-state index in [0.717, 1.165) is 17.0 Å².